The van der Waals surface area contributed by atoms with Crippen LogP contribution in [-0.4, -0.2) is 33.9 Å². The van der Waals surface area contributed by atoms with Crippen LogP contribution in [0.25, 0.3) is 21.8 Å². The summed E-state index contributed by atoms with van der Waals surface area (Å²) in [6.07, 6.45) is 5.10. The molecule has 1 fully saturated rings. The molecule has 1 aliphatic heterocycles. The number of anilines is 2. The summed E-state index contributed by atoms with van der Waals surface area (Å²) in [6.45, 7) is 3.61. The molecule has 7 nitrogen and oxygen atoms in total. The lowest BCUT2D eigenvalue weighted by Crippen LogP contribution is -2.38. The van der Waals surface area contributed by atoms with E-state index < -0.39 is 0 Å². The second kappa shape index (κ2) is 9.34. The highest BCUT2D eigenvalue weighted by atomic mass is 16.5. The van der Waals surface area contributed by atoms with Crippen molar-refractivity contribution in [2.45, 2.75) is 19.8 Å². The number of hydrogen-bond donors (Lipinski definition) is 2. The smallest absolute Gasteiger partial charge is 0.227 e. The minimum Gasteiger partial charge on any atom is -0.457 e. The maximum atomic E-state index is 13.1. The Balaban J connectivity index is 1.10. The van der Waals surface area contributed by atoms with Crippen LogP contribution in [0.1, 0.15) is 18.4 Å². The summed E-state index contributed by atoms with van der Waals surface area (Å²) < 4.78 is 6.08. The zero-order valence-electron chi connectivity index (χ0n) is 20.1. The molecule has 2 aromatic heterocycles. The number of nitrogens with one attached hydrogen (secondary N) is 2. The highest BCUT2D eigenvalue weighted by Gasteiger charge is 2.27. The number of H-pyrrole nitrogens is 1. The Bertz CT molecular complexity index is 1550. The Morgan fingerprint density at radius 2 is 1.78 bits per heavy atom. The predicted octanol–water partition coefficient (Wildman–Crippen LogP) is 6.07. The van der Waals surface area contributed by atoms with Gasteiger partial charge in [0.2, 0.25) is 5.91 Å². The maximum absolute atomic E-state index is 13.1. The summed E-state index contributed by atoms with van der Waals surface area (Å²) in [5.74, 6) is 2.39. The second-order valence-corrected chi connectivity index (χ2v) is 9.28. The molecule has 0 aliphatic carbocycles. The van der Waals surface area contributed by atoms with Gasteiger partial charge in [0.05, 0.1) is 5.39 Å². The van der Waals surface area contributed by atoms with Crippen molar-refractivity contribution in [2.24, 2.45) is 5.92 Å². The van der Waals surface area contributed by atoms with Crippen molar-refractivity contribution in [3.63, 3.8) is 0 Å². The Kier molecular flexibility index (Phi) is 5.73. The van der Waals surface area contributed by atoms with E-state index in [9.17, 15) is 4.79 Å². The molecule has 1 amide bonds. The number of carbonyl (C=O) groups excluding carboxylic acids is 1. The standard InChI is InChI=1S/C29H27N5O2/c1-19-17-30-27-26(19)28(32-18-31-27)34-13-11-21(12-14-34)29(35)33-23-7-4-8-24(16-23)36-25-10-9-20-5-2-3-6-22(20)15-25/h2-10,15-18,21H,11-14H2,1H3,(H,33,35)(H,30,31,32). The number of piperidine rings is 1. The van der Waals surface area contributed by atoms with E-state index in [0.717, 1.165) is 65.2 Å². The molecular formula is C29H27N5O2. The zero-order chi connectivity index (χ0) is 24.5. The van der Waals surface area contributed by atoms with Crippen molar-refractivity contribution < 1.29 is 9.53 Å². The quantitative estimate of drug-likeness (QED) is 0.321. The number of nitrogens with zero attached hydrogens (tertiary/aromatic N) is 3. The van der Waals surface area contributed by atoms with Gasteiger partial charge >= 0.3 is 0 Å². The van der Waals surface area contributed by atoms with E-state index in [1.54, 1.807) is 6.33 Å². The maximum Gasteiger partial charge on any atom is 0.227 e. The summed E-state index contributed by atoms with van der Waals surface area (Å²) in [4.78, 5) is 27.4. The number of aromatic nitrogens is 3. The monoisotopic (exact) mass is 477 g/mol. The van der Waals surface area contributed by atoms with Gasteiger partial charge in [0.1, 0.15) is 29.3 Å². The van der Waals surface area contributed by atoms with Gasteiger partial charge < -0.3 is 19.9 Å². The molecular weight excluding hydrogens is 450 g/mol. The fraction of sp³-hybridized carbons (Fsp3) is 0.207. The fourth-order valence-corrected chi connectivity index (χ4v) is 4.94. The topological polar surface area (TPSA) is 83.1 Å². The molecule has 1 aliphatic rings. The average molecular weight is 478 g/mol. The normalized spacial score (nSPS) is 14.3. The molecule has 3 aromatic carbocycles. The highest BCUT2D eigenvalue weighted by molar-refractivity contribution is 5.93. The third kappa shape index (κ3) is 4.35. The Morgan fingerprint density at radius 3 is 2.64 bits per heavy atom. The minimum atomic E-state index is -0.0454. The van der Waals surface area contributed by atoms with Crippen LogP contribution in [0, 0.1) is 12.8 Å². The Labute approximate surface area is 209 Å². The van der Waals surface area contributed by atoms with E-state index in [1.165, 1.54) is 5.39 Å². The van der Waals surface area contributed by atoms with E-state index in [-0.39, 0.29) is 11.8 Å². The van der Waals surface area contributed by atoms with Crippen molar-refractivity contribution in [1.82, 2.24) is 15.0 Å². The van der Waals surface area contributed by atoms with E-state index in [4.69, 9.17) is 4.74 Å². The van der Waals surface area contributed by atoms with Gasteiger partial charge in [0.15, 0.2) is 0 Å². The first-order chi connectivity index (χ1) is 17.6. The SMILES string of the molecule is Cc1c[nH]c2ncnc(N3CCC(C(=O)Nc4cccc(Oc5ccc6ccccc6c5)c4)CC3)c12. The summed E-state index contributed by atoms with van der Waals surface area (Å²) in [5.41, 5.74) is 2.72. The summed E-state index contributed by atoms with van der Waals surface area (Å²) in [7, 11) is 0. The Morgan fingerprint density at radius 1 is 0.972 bits per heavy atom. The van der Waals surface area contributed by atoms with Gasteiger partial charge in [-0.05, 0) is 60.4 Å². The molecule has 0 unspecified atom stereocenters. The number of benzene rings is 3. The van der Waals surface area contributed by atoms with E-state index >= 15 is 0 Å². The molecule has 36 heavy (non-hydrogen) atoms. The lowest BCUT2D eigenvalue weighted by atomic mass is 9.95. The first-order valence-electron chi connectivity index (χ1n) is 12.3. The lowest BCUT2D eigenvalue weighted by molar-refractivity contribution is -0.120. The molecule has 7 heteroatoms. The van der Waals surface area contributed by atoms with Gasteiger partial charge in [0.25, 0.3) is 0 Å². The number of carbonyl (C=O) groups is 1. The molecule has 0 bridgehead atoms. The molecule has 0 radical (unpaired) electrons. The van der Waals surface area contributed by atoms with Crippen molar-refractivity contribution in [2.75, 3.05) is 23.3 Å². The zero-order valence-corrected chi connectivity index (χ0v) is 20.1. The van der Waals surface area contributed by atoms with Crippen LogP contribution in [0.15, 0.2) is 79.3 Å². The molecule has 0 atom stereocenters. The van der Waals surface area contributed by atoms with E-state index in [0.29, 0.717) is 5.75 Å². The Hall–Kier alpha value is -4.39. The lowest BCUT2D eigenvalue weighted by Gasteiger charge is -2.32. The van der Waals surface area contributed by atoms with Crippen molar-refractivity contribution in [3.05, 3.63) is 84.8 Å². The number of hydrogen-bond acceptors (Lipinski definition) is 5. The second-order valence-electron chi connectivity index (χ2n) is 9.28. The van der Waals surface area contributed by atoms with Crippen LogP contribution in [0.3, 0.4) is 0 Å². The van der Waals surface area contributed by atoms with E-state index in [2.05, 4.69) is 44.2 Å². The van der Waals surface area contributed by atoms with Crippen molar-refractivity contribution >= 4 is 39.2 Å². The number of fused-ring (bicyclic) bond motifs is 2. The number of rotatable bonds is 5. The van der Waals surface area contributed by atoms with Crippen molar-refractivity contribution in [3.8, 4) is 11.5 Å². The number of aryl methyl sites for hydroxylation is 1. The van der Waals surface area contributed by atoms with Gasteiger partial charge in [-0.15, -0.1) is 0 Å². The van der Waals surface area contributed by atoms with Crippen LogP contribution in [0.2, 0.25) is 0 Å². The molecule has 2 N–H and O–H groups in total. The molecule has 3 heterocycles. The summed E-state index contributed by atoms with van der Waals surface area (Å²) >= 11 is 0. The average Bonchev–Trinajstić information content (AvgIpc) is 3.30. The third-order valence-electron chi connectivity index (χ3n) is 6.87. The summed E-state index contributed by atoms with van der Waals surface area (Å²) in [5, 5.41) is 6.44. The predicted molar refractivity (Wildman–Crippen MR) is 143 cm³/mol. The first-order valence-corrected chi connectivity index (χ1v) is 12.3. The third-order valence-corrected chi connectivity index (χ3v) is 6.87. The van der Waals surface area contributed by atoms with Crippen LogP contribution in [0.4, 0.5) is 11.5 Å². The molecule has 0 saturated carbocycles. The van der Waals surface area contributed by atoms with Crippen LogP contribution in [-0.2, 0) is 4.79 Å². The number of amides is 1. The van der Waals surface area contributed by atoms with Crippen molar-refractivity contribution in [1.29, 1.82) is 0 Å². The molecule has 180 valence electrons. The van der Waals surface area contributed by atoms with Crippen LogP contribution >= 0.6 is 0 Å². The number of aromatic amines is 1. The molecule has 5 aromatic rings. The van der Waals surface area contributed by atoms with Crippen LogP contribution < -0.4 is 15.0 Å². The molecule has 1 saturated heterocycles. The van der Waals surface area contributed by atoms with Gasteiger partial charge in [-0.2, -0.15) is 0 Å². The molecule has 6 rings (SSSR count). The largest absolute Gasteiger partial charge is 0.457 e. The highest BCUT2D eigenvalue weighted by Crippen LogP contribution is 2.31. The minimum absolute atomic E-state index is 0.0446. The van der Waals surface area contributed by atoms with Gasteiger partial charge in [-0.1, -0.05) is 36.4 Å². The molecule has 0 spiro atoms. The van der Waals surface area contributed by atoms with Gasteiger partial charge in [-0.3, -0.25) is 4.79 Å². The summed E-state index contributed by atoms with van der Waals surface area (Å²) in [6, 6.07) is 21.8. The van der Waals surface area contributed by atoms with Crippen LogP contribution in [0.5, 0.6) is 11.5 Å². The number of ether oxygens (including phenoxy) is 1. The van der Waals surface area contributed by atoms with Gasteiger partial charge in [0, 0.05) is 37.0 Å². The fourth-order valence-electron chi connectivity index (χ4n) is 4.94. The first kappa shape index (κ1) is 22.1. The van der Waals surface area contributed by atoms with E-state index in [1.807, 2.05) is 60.8 Å². The van der Waals surface area contributed by atoms with Gasteiger partial charge in [-0.25, -0.2) is 9.97 Å².